The summed E-state index contributed by atoms with van der Waals surface area (Å²) in [6.07, 6.45) is 3.44. The average molecular weight is 243 g/mol. The molecule has 1 heterocycles. The molecule has 0 saturated carbocycles. The Balaban J connectivity index is 2.20. The lowest BCUT2D eigenvalue weighted by Crippen LogP contribution is -2.43. The number of primary amides is 1. The Hall–Kier alpha value is -0.650. The molecule has 5 nitrogen and oxygen atoms in total. The highest BCUT2D eigenvalue weighted by molar-refractivity contribution is 5.79. The molecule has 1 fully saturated rings. The van der Waals surface area contributed by atoms with E-state index in [-0.39, 0.29) is 11.9 Å². The van der Waals surface area contributed by atoms with E-state index in [2.05, 4.69) is 17.3 Å². The predicted molar refractivity (Wildman–Crippen MR) is 67.7 cm³/mol. The monoisotopic (exact) mass is 243 g/mol. The lowest BCUT2D eigenvalue weighted by Gasteiger charge is -2.22. The highest BCUT2D eigenvalue weighted by Crippen LogP contribution is 2.12. The lowest BCUT2D eigenvalue weighted by atomic mass is 10.1. The third-order valence-corrected chi connectivity index (χ3v) is 3.13. The molecule has 1 aliphatic rings. The highest BCUT2D eigenvalue weighted by atomic mass is 16.5. The van der Waals surface area contributed by atoms with Crippen molar-refractivity contribution < 1.29 is 9.53 Å². The van der Waals surface area contributed by atoms with Crippen molar-refractivity contribution in [3.05, 3.63) is 0 Å². The van der Waals surface area contributed by atoms with E-state index < -0.39 is 0 Å². The van der Waals surface area contributed by atoms with Crippen LogP contribution in [0.4, 0.5) is 0 Å². The van der Waals surface area contributed by atoms with Crippen LogP contribution in [-0.4, -0.2) is 56.2 Å². The van der Waals surface area contributed by atoms with Gasteiger partial charge in [-0.05, 0) is 39.4 Å². The molecular weight excluding hydrogens is 218 g/mol. The lowest BCUT2D eigenvalue weighted by molar-refractivity contribution is -0.120. The summed E-state index contributed by atoms with van der Waals surface area (Å²) < 4.78 is 5.58. The Morgan fingerprint density at radius 3 is 2.94 bits per heavy atom. The summed E-state index contributed by atoms with van der Waals surface area (Å²) in [5.74, 6) is -0.266. The van der Waals surface area contributed by atoms with Gasteiger partial charge in [0.25, 0.3) is 0 Å². The van der Waals surface area contributed by atoms with Crippen molar-refractivity contribution in [3.63, 3.8) is 0 Å². The molecule has 0 aromatic rings. The van der Waals surface area contributed by atoms with Crippen LogP contribution in [0.5, 0.6) is 0 Å². The zero-order valence-electron chi connectivity index (χ0n) is 10.9. The van der Waals surface area contributed by atoms with Gasteiger partial charge in [0.15, 0.2) is 0 Å². The highest BCUT2D eigenvalue weighted by Gasteiger charge is 2.19. The molecule has 2 atom stereocenters. The van der Waals surface area contributed by atoms with E-state index in [9.17, 15) is 4.79 Å². The first-order valence-electron chi connectivity index (χ1n) is 6.46. The molecule has 100 valence electrons. The molecule has 0 aliphatic carbocycles. The van der Waals surface area contributed by atoms with Gasteiger partial charge in [0, 0.05) is 13.2 Å². The molecule has 0 radical (unpaired) electrons. The number of carbonyl (C=O) groups excluding carboxylic acids is 1. The first-order valence-corrected chi connectivity index (χ1v) is 6.46. The molecule has 17 heavy (non-hydrogen) atoms. The molecule has 0 spiro atoms. The van der Waals surface area contributed by atoms with Gasteiger partial charge < -0.3 is 20.7 Å². The van der Waals surface area contributed by atoms with Crippen LogP contribution in [0.3, 0.4) is 0 Å². The number of hydrogen-bond acceptors (Lipinski definition) is 4. The Morgan fingerprint density at radius 1 is 1.65 bits per heavy atom. The fraction of sp³-hybridized carbons (Fsp3) is 0.917. The zero-order valence-corrected chi connectivity index (χ0v) is 10.9. The summed E-state index contributed by atoms with van der Waals surface area (Å²) in [5, 5.41) is 3.10. The minimum atomic E-state index is -0.266. The van der Waals surface area contributed by atoms with Crippen LogP contribution >= 0.6 is 0 Å². The summed E-state index contributed by atoms with van der Waals surface area (Å²) in [4.78, 5) is 13.4. The maximum absolute atomic E-state index is 11.2. The van der Waals surface area contributed by atoms with Gasteiger partial charge in [-0.3, -0.25) is 4.79 Å². The van der Waals surface area contributed by atoms with Crippen molar-refractivity contribution in [1.29, 1.82) is 0 Å². The van der Waals surface area contributed by atoms with Gasteiger partial charge in [0.1, 0.15) is 0 Å². The van der Waals surface area contributed by atoms with Gasteiger partial charge in [-0.15, -0.1) is 0 Å². The zero-order chi connectivity index (χ0) is 12.7. The van der Waals surface area contributed by atoms with Crippen LogP contribution in [0, 0.1) is 0 Å². The molecule has 0 aromatic carbocycles. The summed E-state index contributed by atoms with van der Waals surface area (Å²) >= 11 is 0. The molecule has 1 amide bonds. The fourth-order valence-electron chi connectivity index (χ4n) is 2.17. The molecule has 1 aliphatic heterocycles. The summed E-state index contributed by atoms with van der Waals surface area (Å²) in [5.41, 5.74) is 5.33. The number of nitrogens with zero attached hydrogens (tertiary/aromatic N) is 1. The van der Waals surface area contributed by atoms with Crippen LogP contribution < -0.4 is 11.1 Å². The molecule has 0 bridgehead atoms. The maximum Gasteiger partial charge on any atom is 0.234 e. The maximum atomic E-state index is 11.2. The second-order valence-electron chi connectivity index (χ2n) is 4.70. The molecule has 1 rings (SSSR count). The van der Waals surface area contributed by atoms with E-state index >= 15 is 0 Å². The van der Waals surface area contributed by atoms with Gasteiger partial charge in [-0.2, -0.15) is 0 Å². The van der Waals surface area contributed by atoms with Gasteiger partial charge in [-0.25, -0.2) is 0 Å². The molecule has 2 unspecified atom stereocenters. The SMILES string of the molecule is CCNC(CCN(C)CC1CCCO1)C(N)=O. The third kappa shape index (κ3) is 5.48. The smallest absolute Gasteiger partial charge is 0.234 e. The van der Waals surface area contributed by atoms with Crippen molar-refractivity contribution in [2.75, 3.05) is 33.3 Å². The number of nitrogens with two attached hydrogens (primary N) is 1. The van der Waals surface area contributed by atoms with Gasteiger partial charge in [-0.1, -0.05) is 6.92 Å². The number of likely N-dealkylation sites (N-methyl/N-ethyl adjacent to an activating group) is 2. The minimum absolute atomic E-state index is 0.216. The summed E-state index contributed by atoms with van der Waals surface area (Å²) in [7, 11) is 2.06. The van der Waals surface area contributed by atoms with Crippen LogP contribution in [0.1, 0.15) is 26.2 Å². The minimum Gasteiger partial charge on any atom is -0.377 e. The number of hydrogen-bond donors (Lipinski definition) is 2. The number of amides is 1. The van der Waals surface area contributed by atoms with E-state index in [0.29, 0.717) is 6.10 Å². The van der Waals surface area contributed by atoms with Crippen LogP contribution in [0.15, 0.2) is 0 Å². The molecule has 0 aromatic heterocycles. The van der Waals surface area contributed by atoms with Crippen molar-refractivity contribution in [2.24, 2.45) is 5.73 Å². The summed E-state index contributed by atoms with van der Waals surface area (Å²) in [6, 6.07) is -0.216. The van der Waals surface area contributed by atoms with E-state index in [0.717, 1.165) is 39.1 Å². The van der Waals surface area contributed by atoms with Crippen molar-refractivity contribution in [3.8, 4) is 0 Å². The van der Waals surface area contributed by atoms with E-state index in [1.807, 2.05) is 6.92 Å². The second-order valence-corrected chi connectivity index (χ2v) is 4.70. The molecule has 3 N–H and O–H groups in total. The molecule has 1 saturated heterocycles. The Bertz CT molecular complexity index is 230. The molecule has 5 heteroatoms. The first-order chi connectivity index (χ1) is 8.13. The van der Waals surface area contributed by atoms with E-state index in [1.165, 1.54) is 6.42 Å². The fourth-order valence-corrected chi connectivity index (χ4v) is 2.17. The average Bonchev–Trinajstić information content (AvgIpc) is 2.76. The largest absolute Gasteiger partial charge is 0.377 e. The van der Waals surface area contributed by atoms with E-state index in [4.69, 9.17) is 10.5 Å². The van der Waals surface area contributed by atoms with E-state index in [1.54, 1.807) is 0 Å². The van der Waals surface area contributed by atoms with Crippen molar-refractivity contribution >= 4 is 5.91 Å². The number of ether oxygens (including phenoxy) is 1. The molecular formula is C12H25N3O2. The Labute approximate surface area is 104 Å². The first kappa shape index (κ1) is 14.4. The number of carbonyl (C=O) groups is 1. The van der Waals surface area contributed by atoms with Gasteiger partial charge in [0.2, 0.25) is 5.91 Å². The van der Waals surface area contributed by atoms with Gasteiger partial charge in [0.05, 0.1) is 12.1 Å². The normalized spacial score (nSPS) is 21.9. The number of nitrogens with one attached hydrogen (secondary N) is 1. The van der Waals surface area contributed by atoms with Crippen molar-refractivity contribution in [1.82, 2.24) is 10.2 Å². The summed E-state index contributed by atoms with van der Waals surface area (Å²) in [6.45, 7) is 5.44. The standard InChI is InChI=1S/C12H25N3O2/c1-3-14-11(12(13)16)6-7-15(2)9-10-5-4-8-17-10/h10-11,14H,3-9H2,1-2H3,(H2,13,16). The van der Waals surface area contributed by atoms with Crippen LogP contribution in [0.2, 0.25) is 0 Å². The van der Waals surface area contributed by atoms with Crippen molar-refractivity contribution in [2.45, 2.75) is 38.3 Å². The third-order valence-electron chi connectivity index (χ3n) is 3.13. The number of rotatable bonds is 8. The van der Waals surface area contributed by atoms with Crippen LogP contribution in [-0.2, 0) is 9.53 Å². The Morgan fingerprint density at radius 2 is 2.41 bits per heavy atom. The van der Waals surface area contributed by atoms with Gasteiger partial charge >= 0.3 is 0 Å². The Kier molecular flexibility index (Phi) is 6.47. The second kappa shape index (κ2) is 7.63. The topological polar surface area (TPSA) is 67.6 Å². The quantitative estimate of drug-likeness (QED) is 0.627. The predicted octanol–water partition coefficient (Wildman–Crippen LogP) is -0.0493. The van der Waals surface area contributed by atoms with Crippen LogP contribution in [0.25, 0.3) is 0 Å².